The monoisotopic (exact) mass is 413 g/mol. The lowest BCUT2D eigenvalue weighted by atomic mass is 9.87. The van der Waals surface area contributed by atoms with Gasteiger partial charge in [-0.1, -0.05) is 30.3 Å². The molecule has 1 amide bonds. The van der Waals surface area contributed by atoms with E-state index in [9.17, 15) is 9.59 Å². The number of hydrogen-bond donors (Lipinski definition) is 2. The van der Waals surface area contributed by atoms with Crippen LogP contribution in [0.3, 0.4) is 0 Å². The van der Waals surface area contributed by atoms with E-state index in [1.165, 1.54) is 12.0 Å². The third-order valence-electron chi connectivity index (χ3n) is 7.39. The Morgan fingerprint density at radius 2 is 1.90 bits per heavy atom. The second-order valence-electron chi connectivity index (χ2n) is 9.53. The molecule has 4 aliphatic rings. The third kappa shape index (κ3) is 4.11. The van der Waals surface area contributed by atoms with Gasteiger partial charge in [0.05, 0.1) is 24.7 Å². The first-order valence-electron chi connectivity index (χ1n) is 11.2. The lowest BCUT2D eigenvalue weighted by Gasteiger charge is -2.41. The van der Waals surface area contributed by atoms with Crippen molar-refractivity contribution in [3.05, 3.63) is 35.9 Å². The molecule has 7 nitrogen and oxygen atoms in total. The van der Waals surface area contributed by atoms with E-state index in [-0.39, 0.29) is 17.4 Å². The van der Waals surface area contributed by atoms with Crippen LogP contribution in [0.1, 0.15) is 37.2 Å². The molecule has 0 bridgehead atoms. The summed E-state index contributed by atoms with van der Waals surface area (Å²) in [5, 5.41) is 12.8. The molecular formula is C23H31N3O4. The zero-order valence-electron chi connectivity index (χ0n) is 17.3. The number of carbonyl (C=O) groups is 2. The summed E-state index contributed by atoms with van der Waals surface area (Å²) >= 11 is 0. The lowest BCUT2D eigenvalue weighted by molar-refractivity contribution is -0.153. The number of rotatable bonds is 6. The van der Waals surface area contributed by atoms with E-state index in [2.05, 4.69) is 40.5 Å². The SMILES string of the molecule is O=C(O)C1CN(C(=O)CN2CCC3(CC2)CC(NC2CC2c2ccccc2)CO3)C1. The summed E-state index contributed by atoms with van der Waals surface area (Å²) in [4.78, 5) is 27.1. The number of carbonyl (C=O) groups excluding carboxylic acids is 1. The highest BCUT2D eigenvalue weighted by Crippen LogP contribution is 2.43. The van der Waals surface area contributed by atoms with Gasteiger partial charge in [-0.05, 0) is 31.2 Å². The summed E-state index contributed by atoms with van der Waals surface area (Å²) in [5.41, 5.74) is 1.39. The number of aliphatic carboxylic acids is 1. The molecule has 162 valence electrons. The molecule has 1 aromatic carbocycles. The molecule has 30 heavy (non-hydrogen) atoms. The molecule has 4 fully saturated rings. The number of carboxylic acid groups (broad SMARTS) is 1. The second-order valence-corrected chi connectivity index (χ2v) is 9.53. The van der Waals surface area contributed by atoms with Gasteiger partial charge in [-0.2, -0.15) is 0 Å². The first kappa shape index (κ1) is 20.0. The lowest BCUT2D eigenvalue weighted by Crippen LogP contribution is -2.56. The quantitative estimate of drug-likeness (QED) is 0.732. The minimum Gasteiger partial charge on any atom is -0.481 e. The fraction of sp³-hybridized carbons (Fsp3) is 0.652. The molecular weight excluding hydrogens is 382 g/mol. The van der Waals surface area contributed by atoms with Gasteiger partial charge >= 0.3 is 5.97 Å². The first-order valence-corrected chi connectivity index (χ1v) is 11.2. The summed E-state index contributed by atoms with van der Waals surface area (Å²) in [6, 6.07) is 11.7. The summed E-state index contributed by atoms with van der Waals surface area (Å²) in [5.74, 6) is -0.501. The molecule has 1 aromatic rings. The Bertz CT molecular complexity index is 787. The predicted octanol–water partition coefficient (Wildman–Crippen LogP) is 1.30. The van der Waals surface area contributed by atoms with E-state index < -0.39 is 5.97 Å². The van der Waals surface area contributed by atoms with Crippen molar-refractivity contribution in [1.82, 2.24) is 15.1 Å². The van der Waals surface area contributed by atoms with E-state index in [4.69, 9.17) is 9.84 Å². The summed E-state index contributed by atoms with van der Waals surface area (Å²) in [6.07, 6.45) is 4.19. The molecule has 3 unspecified atom stereocenters. The Labute approximate surface area is 177 Å². The van der Waals surface area contributed by atoms with Crippen molar-refractivity contribution in [2.24, 2.45) is 5.92 Å². The smallest absolute Gasteiger partial charge is 0.310 e. The normalized spacial score (nSPS) is 30.9. The molecule has 3 saturated heterocycles. The maximum absolute atomic E-state index is 12.4. The number of ether oxygens (including phenoxy) is 1. The van der Waals surface area contributed by atoms with Gasteiger partial charge in [0.15, 0.2) is 0 Å². The zero-order chi connectivity index (χ0) is 20.7. The van der Waals surface area contributed by atoms with Crippen molar-refractivity contribution >= 4 is 11.9 Å². The number of amides is 1. The molecule has 7 heteroatoms. The van der Waals surface area contributed by atoms with Crippen molar-refractivity contribution in [2.45, 2.75) is 49.3 Å². The van der Waals surface area contributed by atoms with Gasteiger partial charge in [-0.3, -0.25) is 14.5 Å². The Balaban J connectivity index is 1.04. The van der Waals surface area contributed by atoms with Gasteiger partial charge in [0.25, 0.3) is 0 Å². The van der Waals surface area contributed by atoms with Gasteiger partial charge in [0.2, 0.25) is 5.91 Å². The minimum atomic E-state index is -0.804. The van der Waals surface area contributed by atoms with Crippen molar-refractivity contribution in [1.29, 1.82) is 0 Å². The van der Waals surface area contributed by atoms with Crippen LogP contribution >= 0.6 is 0 Å². The van der Waals surface area contributed by atoms with E-state index in [1.54, 1.807) is 4.90 Å². The number of benzene rings is 1. The van der Waals surface area contributed by atoms with Gasteiger partial charge in [0, 0.05) is 44.2 Å². The number of carboxylic acids is 1. The van der Waals surface area contributed by atoms with Crippen molar-refractivity contribution in [3.63, 3.8) is 0 Å². The van der Waals surface area contributed by atoms with Crippen LogP contribution in [0.4, 0.5) is 0 Å². The highest BCUT2D eigenvalue weighted by molar-refractivity contribution is 5.82. The molecule has 3 atom stereocenters. The standard InChI is InChI=1S/C23H31N3O4/c27-21(26-12-17(13-26)22(28)29)14-25-8-6-23(7-9-25)11-18(15-30-23)24-20-10-19(20)16-4-2-1-3-5-16/h1-5,17-20,24H,6-15H2,(H,28,29). The first-order chi connectivity index (χ1) is 14.5. The number of likely N-dealkylation sites (tertiary alicyclic amines) is 2. The van der Waals surface area contributed by atoms with Gasteiger partial charge < -0.3 is 20.1 Å². The van der Waals surface area contributed by atoms with Gasteiger partial charge in [0.1, 0.15) is 0 Å². The Morgan fingerprint density at radius 3 is 2.60 bits per heavy atom. The molecule has 3 heterocycles. The number of piperidine rings is 1. The van der Waals surface area contributed by atoms with Crippen molar-refractivity contribution < 1.29 is 19.4 Å². The predicted molar refractivity (Wildman–Crippen MR) is 111 cm³/mol. The Morgan fingerprint density at radius 1 is 1.17 bits per heavy atom. The molecule has 0 aromatic heterocycles. The van der Waals surface area contributed by atoms with Gasteiger partial charge in [-0.15, -0.1) is 0 Å². The van der Waals surface area contributed by atoms with Crippen LogP contribution in [0.25, 0.3) is 0 Å². The van der Waals surface area contributed by atoms with Crippen LogP contribution in [0.2, 0.25) is 0 Å². The molecule has 0 radical (unpaired) electrons. The highest BCUT2D eigenvalue weighted by atomic mass is 16.5. The fourth-order valence-electron chi connectivity index (χ4n) is 5.30. The maximum atomic E-state index is 12.4. The number of nitrogens with one attached hydrogen (secondary N) is 1. The fourth-order valence-corrected chi connectivity index (χ4v) is 5.30. The molecule has 5 rings (SSSR count). The van der Waals surface area contributed by atoms with Crippen LogP contribution in [0.5, 0.6) is 0 Å². The van der Waals surface area contributed by atoms with E-state index in [0.717, 1.165) is 39.0 Å². The summed E-state index contributed by atoms with van der Waals surface area (Å²) in [7, 11) is 0. The average molecular weight is 414 g/mol. The van der Waals surface area contributed by atoms with Crippen LogP contribution in [-0.2, 0) is 14.3 Å². The number of nitrogens with zero attached hydrogens (tertiary/aromatic N) is 2. The van der Waals surface area contributed by atoms with Crippen LogP contribution < -0.4 is 5.32 Å². The van der Waals surface area contributed by atoms with E-state index in [0.29, 0.717) is 37.6 Å². The molecule has 1 saturated carbocycles. The van der Waals surface area contributed by atoms with Crippen molar-refractivity contribution in [2.75, 3.05) is 39.3 Å². The molecule has 1 spiro atoms. The molecule has 2 N–H and O–H groups in total. The maximum Gasteiger partial charge on any atom is 0.310 e. The minimum absolute atomic E-state index is 0.0422. The Hall–Kier alpha value is -1.96. The summed E-state index contributed by atoms with van der Waals surface area (Å²) < 4.78 is 6.29. The van der Waals surface area contributed by atoms with Crippen LogP contribution in [0, 0.1) is 5.92 Å². The zero-order valence-corrected chi connectivity index (χ0v) is 17.3. The topological polar surface area (TPSA) is 82.1 Å². The van der Waals surface area contributed by atoms with Crippen LogP contribution in [0.15, 0.2) is 30.3 Å². The highest BCUT2D eigenvalue weighted by Gasteiger charge is 2.46. The molecule has 1 aliphatic carbocycles. The van der Waals surface area contributed by atoms with Crippen LogP contribution in [-0.4, -0.2) is 83.8 Å². The summed E-state index contributed by atoms with van der Waals surface area (Å²) in [6.45, 7) is 3.61. The largest absolute Gasteiger partial charge is 0.481 e. The number of hydrogen-bond acceptors (Lipinski definition) is 5. The van der Waals surface area contributed by atoms with E-state index in [1.807, 2.05) is 0 Å². The van der Waals surface area contributed by atoms with Gasteiger partial charge in [-0.25, -0.2) is 0 Å². The third-order valence-corrected chi connectivity index (χ3v) is 7.39. The molecule has 3 aliphatic heterocycles. The van der Waals surface area contributed by atoms with E-state index >= 15 is 0 Å². The Kier molecular flexibility index (Phi) is 5.29. The average Bonchev–Trinajstić information content (AvgIpc) is 3.36. The second kappa shape index (κ2) is 7.94. The van der Waals surface area contributed by atoms with Crippen molar-refractivity contribution in [3.8, 4) is 0 Å².